The second kappa shape index (κ2) is 4.71. The Balaban J connectivity index is 2.10. The quantitative estimate of drug-likeness (QED) is 0.846. The maximum atomic E-state index is 12.1. The SMILES string of the molecule is O=C(c1cc(-c2ccccc2)cc(Cl)c1O)C1CC1. The molecule has 2 aromatic carbocycles. The van der Waals surface area contributed by atoms with E-state index in [2.05, 4.69) is 0 Å². The average molecular weight is 273 g/mol. The zero-order valence-corrected chi connectivity index (χ0v) is 11.0. The van der Waals surface area contributed by atoms with Crippen molar-refractivity contribution >= 4 is 17.4 Å². The number of benzene rings is 2. The van der Waals surface area contributed by atoms with E-state index in [9.17, 15) is 9.90 Å². The van der Waals surface area contributed by atoms with Crippen molar-refractivity contribution < 1.29 is 9.90 Å². The summed E-state index contributed by atoms with van der Waals surface area (Å²) in [5, 5.41) is 10.2. The molecule has 1 aliphatic rings. The maximum absolute atomic E-state index is 12.1. The molecule has 0 amide bonds. The van der Waals surface area contributed by atoms with Crippen LogP contribution in [0.4, 0.5) is 0 Å². The molecule has 3 heteroatoms. The van der Waals surface area contributed by atoms with Crippen molar-refractivity contribution in [3.63, 3.8) is 0 Å². The summed E-state index contributed by atoms with van der Waals surface area (Å²) in [5.74, 6) is -0.0385. The summed E-state index contributed by atoms with van der Waals surface area (Å²) in [6.45, 7) is 0. The van der Waals surface area contributed by atoms with Gasteiger partial charge >= 0.3 is 0 Å². The Morgan fingerprint density at radius 2 is 1.79 bits per heavy atom. The predicted octanol–water partition coefficient (Wildman–Crippen LogP) is 4.31. The Kier molecular flexibility index (Phi) is 3.03. The van der Waals surface area contributed by atoms with Gasteiger partial charge in [0.15, 0.2) is 5.78 Å². The molecule has 19 heavy (non-hydrogen) atoms. The minimum atomic E-state index is -0.0988. The van der Waals surface area contributed by atoms with E-state index in [-0.39, 0.29) is 22.5 Å². The van der Waals surface area contributed by atoms with Crippen LogP contribution in [0.15, 0.2) is 42.5 Å². The first kappa shape index (κ1) is 12.2. The third-order valence-corrected chi connectivity index (χ3v) is 3.67. The van der Waals surface area contributed by atoms with E-state index in [1.54, 1.807) is 12.1 Å². The first-order valence-electron chi connectivity index (χ1n) is 6.29. The molecule has 1 aliphatic carbocycles. The second-order valence-electron chi connectivity index (χ2n) is 4.86. The number of phenols is 1. The maximum Gasteiger partial charge on any atom is 0.169 e. The third-order valence-electron chi connectivity index (χ3n) is 3.38. The summed E-state index contributed by atoms with van der Waals surface area (Å²) in [6, 6.07) is 13.1. The lowest BCUT2D eigenvalue weighted by molar-refractivity contribution is 0.0965. The van der Waals surface area contributed by atoms with Gasteiger partial charge in [-0.3, -0.25) is 4.79 Å². The standard InChI is InChI=1S/C16H13ClO2/c17-14-9-12(10-4-2-1-3-5-10)8-13(16(14)19)15(18)11-6-7-11/h1-5,8-9,11,19H,6-7H2. The number of carbonyl (C=O) groups excluding carboxylic acids is 1. The molecule has 1 N–H and O–H groups in total. The third kappa shape index (κ3) is 2.36. The Morgan fingerprint density at radius 1 is 1.11 bits per heavy atom. The summed E-state index contributed by atoms with van der Waals surface area (Å²) < 4.78 is 0. The number of ketones is 1. The zero-order chi connectivity index (χ0) is 13.4. The minimum absolute atomic E-state index is 0.00261. The summed E-state index contributed by atoms with van der Waals surface area (Å²) in [5.41, 5.74) is 2.18. The molecule has 96 valence electrons. The zero-order valence-electron chi connectivity index (χ0n) is 10.3. The van der Waals surface area contributed by atoms with Crippen molar-refractivity contribution in [2.24, 2.45) is 5.92 Å². The van der Waals surface area contributed by atoms with Crippen LogP contribution < -0.4 is 0 Å². The smallest absolute Gasteiger partial charge is 0.169 e. The fraction of sp³-hybridized carbons (Fsp3) is 0.188. The number of Topliss-reactive ketones (excluding diaryl/α,β-unsaturated/α-hetero) is 1. The molecule has 0 spiro atoms. The Morgan fingerprint density at radius 3 is 2.42 bits per heavy atom. The molecule has 1 saturated carbocycles. The van der Waals surface area contributed by atoms with Gasteiger partial charge in [-0.05, 0) is 36.1 Å². The van der Waals surface area contributed by atoms with Gasteiger partial charge in [0.2, 0.25) is 0 Å². The minimum Gasteiger partial charge on any atom is -0.506 e. The van der Waals surface area contributed by atoms with E-state index < -0.39 is 0 Å². The van der Waals surface area contributed by atoms with E-state index >= 15 is 0 Å². The second-order valence-corrected chi connectivity index (χ2v) is 5.27. The number of phenolic OH excluding ortho intramolecular Hbond substituents is 1. The van der Waals surface area contributed by atoms with Gasteiger partial charge < -0.3 is 5.11 Å². The fourth-order valence-corrected chi connectivity index (χ4v) is 2.37. The molecule has 3 rings (SSSR count). The average Bonchev–Trinajstić information content (AvgIpc) is 3.26. The van der Waals surface area contributed by atoms with Crippen LogP contribution in [0.3, 0.4) is 0 Å². The van der Waals surface area contributed by atoms with Crippen LogP contribution >= 0.6 is 11.6 Å². The highest BCUT2D eigenvalue weighted by atomic mass is 35.5. The van der Waals surface area contributed by atoms with Crippen LogP contribution in [0, 0.1) is 5.92 Å². The fourth-order valence-electron chi connectivity index (χ4n) is 2.15. The summed E-state index contributed by atoms with van der Waals surface area (Å²) in [6.07, 6.45) is 1.82. The van der Waals surface area contributed by atoms with Gasteiger partial charge in [0.1, 0.15) is 5.75 Å². The summed E-state index contributed by atoms with van der Waals surface area (Å²) >= 11 is 6.04. The van der Waals surface area contributed by atoms with Gasteiger partial charge in [0.25, 0.3) is 0 Å². The van der Waals surface area contributed by atoms with E-state index in [0.29, 0.717) is 5.56 Å². The monoisotopic (exact) mass is 272 g/mol. The molecule has 1 fully saturated rings. The number of hydrogen-bond acceptors (Lipinski definition) is 2. The van der Waals surface area contributed by atoms with Gasteiger partial charge in [0, 0.05) is 5.92 Å². The largest absolute Gasteiger partial charge is 0.506 e. The Hall–Kier alpha value is -1.80. The van der Waals surface area contributed by atoms with Crippen molar-refractivity contribution in [3.05, 3.63) is 53.1 Å². The Bertz CT molecular complexity index is 631. The molecule has 0 aliphatic heterocycles. The van der Waals surface area contributed by atoms with Gasteiger partial charge in [-0.15, -0.1) is 0 Å². The number of aromatic hydroxyl groups is 1. The molecular weight excluding hydrogens is 260 g/mol. The van der Waals surface area contributed by atoms with Crippen molar-refractivity contribution in [2.75, 3.05) is 0 Å². The summed E-state index contributed by atoms with van der Waals surface area (Å²) in [7, 11) is 0. The van der Waals surface area contributed by atoms with E-state index in [1.165, 1.54) is 0 Å². The van der Waals surface area contributed by atoms with Crippen LogP contribution in [0.5, 0.6) is 5.75 Å². The lowest BCUT2D eigenvalue weighted by atomic mass is 9.99. The predicted molar refractivity (Wildman–Crippen MR) is 75.6 cm³/mol. The van der Waals surface area contributed by atoms with Crippen LogP contribution in [0.2, 0.25) is 5.02 Å². The normalized spacial score (nSPS) is 14.4. The van der Waals surface area contributed by atoms with E-state index in [1.807, 2.05) is 30.3 Å². The highest BCUT2D eigenvalue weighted by molar-refractivity contribution is 6.33. The van der Waals surface area contributed by atoms with Crippen LogP contribution in [0.1, 0.15) is 23.2 Å². The number of halogens is 1. The van der Waals surface area contributed by atoms with Crippen molar-refractivity contribution in [1.82, 2.24) is 0 Å². The van der Waals surface area contributed by atoms with Gasteiger partial charge in [-0.2, -0.15) is 0 Å². The summed E-state index contributed by atoms with van der Waals surface area (Å²) in [4.78, 5) is 12.1. The van der Waals surface area contributed by atoms with Gasteiger partial charge in [0.05, 0.1) is 10.6 Å². The van der Waals surface area contributed by atoms with Crippen LogP contribution in [-0.2, 0) is 0 Å². The molecule has 0 saturated heterocycles. The molecule has 0 bridgehead atoms. The van der Waals surface area contributed by atoms with Crippen LogP contribution in [-0.4, -0.2) is 10.9 Å². The van der Waals surface area contributed by atoms with Crippen molar-refractivity contribution in [2.45, 2.75) is 12.8 Å². The highest BCUT2D eigenvalue weighted by Gasteiger charge is 2.32. The van der Waals surface area contributed by atoms with Gasteiger partial charge in [-0.1, -0.05) is 41.9 Å². The number of carbonyl (C=O) groups is 1. The van der Waals surface area contributed by atoms with Crippen LogP contribution in [0.25, 0.3) is 11.1 Å². The molecule has 0 unspecified atom stereocenters. The van der Waals surface area contributed by atoms with Gasteiger partial charge in [-0.25, -0.2) is 0 Å². The first-order valence-corrected chi connectivity index (χ1v) is 6.67. The number of rotatable bonds is 3. The molecule has 2 aromatic rings. The number of hydrogen-bond donors (Lipinski definition) is 1. The van der Waals surface area contributed by atoms with E-state index in [4.69, 9.17) is 11.6 Å². The van der Waals surface area contributed by atoms with E-state index in [0.717, 1.165) is 24.0 Å². The van der Waals surface area contributed by atoms with Crippen molar-refractivity contribution in [1.29, 1.82) is 0 Å². The first-order chi connectivity index (χ1) is 9.16. The lowest BCUT2D eigenvalue weighted by Crippen LogP contribution is -2.02. The highest BCUT2D eigenvalue weighted by Crippen LogP contribution is 2.39. The molecule has 2 nitrogen and oxygen atoms in total. The molecule has 0 atom stereocenters. The topological polar surface area (TPSA) is 37.3 Å². The molecular formula is C16H13ClO2. The molecule has 0 aromatic heterocycles. The van der Waals surface area contributed by atoms with Crippen molar-refractivity contribution in [3.8, 4) is 16.9 Å². The molecule has 0 heterocycles. The Labute approximate surface area is 116 Å². The molecule has 0 radical (unpaired) electrons. The lowest BCUT2D eigenvalue weighted by Gasteiger charge is -2.09.